The van der Waals surface area contributed by atoms with Crippen LogP contribution in [0.15, 0.2) is 46.9 Å². The number of halogens is 5. The highest BCUT2D eigenvalue weighted by molar-refractivity contribution is 9.10. The average molecular weight is 463 g/mol. The molecule has 28 heavy (non-hydrogen) atoms. The number of benzene rings is 2. The molecule has 0 radical (unpaired) electrons. The zero-order valence-electron chi connectivity index (χ0n) is 14.4. The molecule has 5 nitrogen and oxygen atoms in total. The number of carbonyl (C=O) groups excluding carboxylic acids is 2. The molecule has 0 aliphatic rings. The molecule has 0 aliphatic carbocycles. The summed E-state index contributed by atoms with van der Waals surface area (Å²) in [7, 11) is 0. The lowest BCUT2D eigenvalue weighted by Crippen LogP contribution is -2.35. The topological polar surface area (TPSA) is 67.4 Å². The van der Waals surface area contributed by atoms with Crippen LogP contribution >= 0.6 is 15.9 Å². The molecule has 2 amide bonds. The molecule has 2 aromatic rings. The number of alkyl halides is 3. The summed E-state index contributed by atoms with van der Waals surface area (Å²) in [6, 6.07) is 9.28. The Morgan fingerprint density at radius 3 is 2.50 bits per heavy atom. The van der Waals surface area contributed by atoms with Crippen molar-refractivity contribution in [3.05, 3.63) is 58.3 Å². The highest BCUT2D eigenvalue weighted by Gasteiger charge is 2.28. The lowest BCUT2D eigenvalue weighted by molar-refractivity contribution is -0.123. The van der Waals surface area contributed by atoms with Gasteiger partial charge in [-0.2, -0.15) is 13.2 Å². The molecule has 1 unspecified atom stereocenters. The number of amides is 2. The second-order valence-corrected chi connectivity index (χ2v) is 6.52. The molecule has 150 valence electrons. The highest BCUT2D eigenvalue weighted by Crippen LogP contribution is 2.26. The number of rotatable bonds is 6. The van der Waals surface area contributed by atoms with Crippen molar-refractivity contribution in [2.45, 2.75) is 19.2 Å². The number of anilines is 1. The number of ether oxygens (including phenoxy) is 1. The van der Waals surface area contributed by atoms with Gasteiger partial charge in [-0.25, -0.2) is 4.39 Å². The first kappa shape index (κ1) is 21.7. The van der Waals surface area contributed by atoms with Crippen LogP contribution < -0.4 is 15.4 Å². The van der Waals surface area contributed by atoms with Crippen LogP contribution in [0.4, 0.5) is 23.2 Å². The monoisotopic (exact) mass is 462 g/mol. The Labute approximate surface area is 166 Å². The SMILES string of the molecule is CC(Oc1ccc(F)cc1Br)C(=O)Nc1ccccc1C(=O)NCC(F)(F)F. The van der Waals surface area contributed by atoms with Crippen LogP contribution in [0.1, 0.15) is 17.3 Å². The Morgan fingerprint density at radius 2 is 1.86 bits per heavy atom. The lowest BCUT2D eigenvalue weighted by Gasteiger charge is -2.17. The Morgan fingerprint density at radius 1 is 1.18 bits per heavy atom. The summed E-state index contributed by atoms with van der Waals surface area (Å²) in [5, 5.41) is 4.19. The average Bonchev–Trinajstić information content (AvgIpc) is 2.61. The van der Waals surface area contributed by atoms with Crippen molar-refractivity contribution in [3.8, 4) is 5.75 Å². The molecule has 0 fully saturated rings. The minimum Gasteiger partial charge on any atom is -0.480 e. The van der Waals surface area contributed by atoms with Crippen LogP contribution in [-0.2, 0) is 4.79 Å². The summed E-state index contributed by atoms with van der Waals surface area (Å²) in [4.78, 5) is 24.3. The van der Waals surface area contributed by atoms with E-state index >= 15 is 0 Å². The molecule has 0 bridgehead atoms. The molecule has 10 heteroatoms. The molecule has 0 aromatic heterocycles. The first-order chi connectivity index (χ1) is 13.1. The third kappa shape index (κ3) is 6.22. The van der Waals surface area contributed by atoms with E-state index in [0.717, 1.165) is 6.07 Å². The van der Waals surface area contributed by atoms with Crippen molar-refractivity contribution >= 4 is 33.4 Å². The predicted octanol–water partition coefficient (Wildman–Crippen LogP) is 4.29. The van der Waals surface area contributed by atoms with Gasteiger partial charge in [0.15, 0.2) is 6.10 Å². The van der Waals surface area contributed by atoms with E-state index in [9.17, 15) is 27.2 Å². The van der Waals surface area contributed by atoms with E-state index in [1.807, 2.05) is 0 Å². The summed E-state index contributed by atoms with van der Waals surface area (Å²) in [5.74, 6) is -1.90. The molecule has 2 N–H and O–H groups in total. The number of hydrogen-bond acceptors (Lipinski definition) is 3. The third-order valence-electron chi connectivity index (χ3n) is 3.45. The maximum absolute atomic E-state index is 13.1. The van der Waals surface area contributed by atoms with Crippen LogP contribution in [0, 0.1) is 5.82 Å². The van der Waals surface area contributed by atoms with Crippen LogP contribution in [0.25, 0.3) is 0 Å². The van der Waals surface area contributed by atoms with Gasteiger partial charge in [-0.15, -0.1) is 0 Å². The van der Waals surface area contributed by atoms with Gasteiger partial charge < -0.3 is 15.4 Å². The molecule has 1 atom stereocenters. The maximum atomic E-state index is 13.1. The zero-order chi connectivity index (χ0) is 20.9. The van der Waals surface area contributed by atoms with Gasteiger partial charge in [0.25, 0.3) is 11.8 Å². The number of para-hydroxylation sites is 1. The Balaban J connectivity index is 2.08. The van der Waals surface area contributed by atoms with Crippen LogP contribution in [0.5, 0.6) is 5.75 Å². The first-order valence-electron chi connectivity index (χ1n) is 7.93. The van der Waals surface area contributed by atoms with E-state index in [4.69, 9.17) is 4.74 Å². The van der Waals surface area contributed by atoms with Crippen LogP contribution in [-0.4, -0.2) is 30.6 Å². The molecule has 0 spiro atoms. The molecular formula is C18H15BrF4N2O3. The summed E-state index contributed by atoms with van der Waals surface area (Å²) in [6.07, 6.45) is -5.59. The molecule has 0 heterocycles. The Bertz CT molecular complexity index is 874. The van der Waals surface area contributed by atoms with Crippen molar-refractivity contribution in [3.63, 3.8) is 0 Å². The fourth-order valence-corrected chi connectivity index (χ4v) is 2.56. The van der Waals surface area contributed by atoms with Crippen molar-refractivity contribution in [2.75, 3.05) is 11.9 Å². The van der Waals surface area contributed by atoms with Gasteiger partial charge in [0.05, 0.1) is 15.7 Å². The van der Waals surface area contributed by atoms with Crippen LogP contribution in [0.2, 0.25) is 0 Å². The second kappa shape index (κ2) is 9.05. The van der Waals surface area contributed by atoms with Crippen molar-refractivity contribution in [1.82, 2.24) is 5.32 Å². The van der Waals surface area contributed by atoms with Gasteiger partial charge in [-0.3, -0.25) is 9.59 Å². The highest BCUT2D eigenvalue weighted by atomic mass is 79.9. The summed E-state index contributed by atoms with van der Waals surface area (Å²) < 4.78 is 55.7. The van der Waals surface area contributed by atoms with Gasteiger partial charge >= 0.3 is 6.18 Å². The number of nitrogens with one attached hydrogen (secondary N) is 2. The van der Waals surface area contributed by atoms with Gasteiger partial charge in [0.2, 0.25) is 0 Å². The Hall–Kier alpha value is -2.62. The third-order valence-corrected chi connectivity index (χ3v) is 4.07. The van der Waals surface area contributed by atoms with E-state index in [-0.39, 0.29) is 17.0 Å². The van der Waals surface area contributed by atoms with E-state index in [0.29, 0.717) is 4.47 Å². The summed E-state index contributed by atoms with van der Waals surface area (Å²) in [6.45, 7) is -0.0658. The van der Waals surface area contributed by atoms with Gasteiger partial charge in [0, 0.05) is 0 Å². The smallest absolute Gasteiger partial charge is 0.405 e. The molecule has 2 rings (SSSR count). The van der Waals surface area contributed by atoms with Gasteiger partial charge in [0.1, 0.15) is 18.1 Å². The van der Waals surface area contributed by atoms with E-state index in [1.54, 1.807) is 5.32 Å². The van der Waals surface area contributed by atoms with Gasteiger partial charge in [-0.05, 0) is 53.2 Å². The van der Waals surface area contributed by atoms with E-state index < -0.39 is 36.5 Å². The predicted molar refractivity (Wildman–Crippen MR) is 97.6 cm³/mol. The van der Waals surface area contributed by atoms with Crippen LogP contribution in [0.3, 0.4) is 0 Å². The first-order valence-corrected chi connectivity index (χ1v) is 8.72. The molecule has 0 saturated carbocycles. The fourth-order valence-electron chi connectivity index (χ4n) is 2.11. The minimum atomic E-state index is -4.56. The summed E-state index contributed by atoms with van der Waals surface area (Å²) >= 11 is 3.11. The molecule has 2 aromatic carbocycles. The second-order valence-electron chi connectivity index (χ2n) is 5.67. The molecule has 0 saturated heterocycles. The fraction of sp³-hybridized carbons (Fsp3) is 0.222. The lowest BCUT2D eigenvalue weighted by atomic mass is 10.1. The van der Waals surface area contributed by atoms with Gasteiger partial charge in [-0.1, -0.05) is 12.1 Å². The van der Waals surface area contributed by atoms with E-state index in [1.165, 1.54) is 43.3 Å². The summed E-state index contributed by atoms with van der Waals surface area (Å²) in [5.41, 5.74) is -0.101. The largest absolute Gasteiger partial charge is 0.480 e. The molecule has 0 aliphatic heterocycles. The maximum Gasteiger partial charge on any atom is 0.405 e. The quantitative estimate of drug-likeness (QED) is 0.629. The number of carbonyl (C=O) groups is 2. The zero-order valence-corrected chi connectivity index (χ0v) is 16.0. The molecular weight excluding hydrogens is 448 g/mol. The Kier molecular flexibility index (Phi) is 7.00. The standard InChI is InChI=1S/C18H15BrF4N2O3/c1-10(28-15-7-6-11(20)8-13(15)19)16(26)25-14-5-3-2-4-12(14)17(27)24-9-18(21,22)23/h2-8,10H,9H2,1H3,(H,24,27)(H,25,26). The number of hydrogen-bond donors (Lipinski definition) is 2. The van der Waals surface area contributed by atoms with Crippen molar-refractivity contribution in [1.29, 1.82) is 0 Å². The minimum absolute atomic E-state index is 0.0285. The van der Waals surface area contributed by atoms with E-state index in [2.05, 4.69) is 21.2 Å². The van der Waals surface area contributed by atoms with Crippen molar-refractivity contribution < 1.29 is 31.9 Å². The normalized spacial score (nSPS) is 12.2. The van der Waals surface area contributed by atoms with Crippen molar-refractivity contribution in [2.24, 2.45) is 0 Å².